The van der Waals surface area contributed by atoms with E-state index in [9.17, 15) is 0 Å². The Balaban J connectivity index is 0.00000300. The van der Waals surface area contributed by atoms with Gasteiger partial charge < -0.3 is 20.1 Å². The van der Waals surface area contributed by atoms with Crippen LogP contribution in [0.15, 0.2) is 59.6 Å². The molecule has 2 N–H and O–H groups in total. The molecule has 0 aliphatic carbocycles. The van der Waals surface area contributed by atoms with Crippen LogP contribution in [0, 0.1) is 0 Å². The van der Waals surface area contributed by atoms with Crippen LogP contribution in [0.3, 0.4) is 0 Å². The van der Waals surface area contributed by atoms with E-state index in [1.54, 1.807) is 7.05 Å². The van der Waals surface area contributed by atoms with Gasteiger partial charge in [-0.15, -0.1) is 24.0 Å². The third-order valence-electron chi connectivity index (χ3n) is 4.59. The smallest absolute Gasteiger partial charge is 0.191 e. The van der Waals surface area contributed by atoms with Crippen molar-refractivity contribution in [3.8, 4) is 5.75 Å². The predicted octanol–water partition coefficient (Wildman–Crippen LogP) is 2.88. The van der Waals surface area contributed by atoms with Crippen molar-refractivity contribution in [3.05, 3.63) is 65.7 Å². The summed E-state index contributed by atoms with van der Waals surface area (Å²) in [7, 11) is 1.78. The quantitative estimate of drug-likeness (QED) is 0.248. The minimum absolute atomic E-state index is 0. The number of rotatable bonds is 8. The molecule has 7 heteroatoms. The number of hydrogen-bond acceptors (Lipinski definition) is 4. The molecule has 0 amide bonds. The molecule has 2 aromatic carbocycles. The molecular weight excluding hydrogens is 479 g/mol. The van der Waals surface area contributed by atoms with Gasteiger partial charge in [0, 0.05) is 33.2 Å². The first-order valence-electron chi connectivity index (χ1n) is 9.84. The zero-order valence-electron chi connectivity index (χ0n) is 17.0. The highest BCUT2D eigenvalue weighted by molar-refractivity contribution is 14.0. The molecular formula is C22H31IN4O2. The monoisotopic (exact) mass is 510 g/mol. The van der Waals surface area contributed by atoms with Crippen molar-refractivity contribution in [1.82, 2.24) is 15.5 Å². The summed E-state index contributed by atoms with van der Waals surface area (Å²) < 4.78 is 11.1. The molecule has 158 valence electrons. The summed E-state index contributed by atoms with van der Waals surface area (Å²) >= 11 is 0. The van der Waals surface area contributed by atoms with Gasteiger partial charge in [0.15, 0.2) is 5.96 Å². The van der Waals surface area contributed by atoms with Gasteiger partial charge in [0.2, 0.25) is 0 Å². The zero-order chi connectivity index (χ0) is 19.4. The van der Waals surface area contributed by atoms with E-state index in [0.29, 0.717) is 13.2 Å². The Morgan fingerprint density at radius 2 is 1.79 bits per heavy atom. The zero-order valence-corrected chi connectivity index (χ0v) is 19.3. The first kappa shape index (κ1) is 23.4. The minimum Gasteiger partial charge on any atom is -0.492 e. The molecule has 3 rings (SSSR count). The van der Waals surface area contributed by atoms with Gasteiger partial charge in [0.25, 0.3) is 0 Å². The number of aliphatic imine (C=N–C) groups is 1. The molecule has 1 saturated heterocycles. The maximum atomic E-state index is 5.69. The highest BCUT2D eigenvalue weighted by Crippen LogP contribution is 2.10. The lowest BCUT2D eigenvalue weighted by Crippen LogP contribution is -2.39. The number of nitrogens with one attached hydrogen (secondary N) is 2. The summed E-state index contributed by atoms with van der Waals surface area (Å²) in [4.78, 5) is 6.71. The van der Waals surface area contributed by atoms with Crippen molar-refractivity contribution < 1.29 is 9.47 Å². The average Bonchev–Trinajstić information content (AvgIpc) is 2.75. The van der Waals surface area contributed by atoms with Gasteiger partial charge in [-0.1, -0.05) is 42.5 Å². The maximum absolute atomic E-state index is 5.69. The largest absolute Gasteiger partial charge is 0.492 e. The number of halogens is 1. The second kappa shape index (κ2) is 13.4. The third-order valence-corrected chi connectivity index (χ3v) is 4.59. The minimum atomic E-state index is 0. The van der Waals surface area contributed by atoms with E-state index in [0.717, 1.165) is 51.1 Å². The lowest BCUT2D eigenvalue weighted by Gasteiger charge is -2.26. The van der Waals surface area contributed by atoms with Crippen molar-refractivity contribution in [1.29, 1.82) is 0 Å². The van der Waals surface area contributed by atoms with Gasteiger partial charge in [0.05, 0.1) is 19.8 Å². The Morgan fingerprint density at radius 1 is 1.03 bits per heavy atom. The van der Waals surface area contributed by atoms with Crippen LogP contribution in [-0.2, 0) is 17.8 Å². The first-order chi connectivity index (χ1) is 13.8. The van der Waals surface area contributed by atoms with Gasteiger partial charge in [-0.25, -0.2) is 0 Å². The number of benzene rings is 2. The molecule has 0 radical (unpaired) electrons. The average molecular weight is 510 g/mol. The van der Waals surface area contributed by atoms with Crippen LogP contribution in [0.4, 0.5) is 0 Å². The Morgan fingerprint density at radius 3 is 2.55 bits per heavy atom. The van der Waals surface area contributed by atoms with Gasteiger partial charge >= 0.3 is 0 Å². The van der Waals surface area contributed by atoms with Gasteiger partial charge in [-0.05, 0) is 23.3 Å². The van der Waals surface area contributed by atoms with E-state index in [-0.39, 0.29) is 24.0 Å². The molecule has 29 heavy (non-hydrogen) atoms. The second-order valence-electron chi connectivity index (χ2n) is 6.72. The summed E-state index contributed by atoms with van der Waals surface area (Å²) in [6.45, 7) is 6.64. The van der Waals surface area contributed by atoms with Crippen molar-refractivity contribution in [2.24, 2.45) is 4.99 Å². The summed E-state index contributed by atoms with van der Waals surface area (Å²) in [5.41, 5.74) is 2.58. The lowest BCUT2D eigenvalue weighted by atomic mass is 10.1. The van der Waals surface area contributed by atoms with Crippen LogP contribution in [0.25, 0.3) is 0 Å². The van der Waals surface area contributed by atoms with Crippen LogP contribution in [0.2, 0.25) is 0 Å². The molecule has 0 atom stereocenters. The molecule has 0 spiro atoms. The Hall–Kier alpha value is -1.84. The van der Waals surface area contributed by atoms with E-state index in [1.807, 2.05) is 30.3 Å². The van der Waals surface area contributed by atoms with E-state index >= 15 is 0 Å². The molecule has 6 nitrogen and oxygen atoms in total. The van der Waals surface area contributed by atoms with E-state index < -0.39 is 0 Å². The number of morpholine rings is 1. The summed E-state index contributed by atoms with van der Waals surface area (Å²) in [5, 5.41) is 6.65. The molecule has 0 unspecified atom stereocenters. The fourth-order valence-corrected chi connectivity index (χ4v) is 3.12. The number of nitrogens with zero attached hydrogens (tertiary/aromatic N) is 2. The molecule has 0 saturated carbocycles. The Kier molecular flexibility index (Phi) is 10.8. The van der Waals surface area contributed by atoms with Crippen molar-refractivity contribution in [2.75, 3.05) is 46.5 Å². The molecule has 1 fully saturated rings. The number of guanidine groups is 1. The molecule has 1 heterocycles. The fourth-order valence-electron chi connectivity index (χ4n) is 3.12. The first-order valence-corrected chi connectivity index (χ1v) is 9.84. The van der Waals surface area contributed by atoms with E-state index in [2.05, 4.69) is 44.8 Å². The maximum Gasteiger partial charge on any atom is 0.191 e. The van der Waals surface area contributed by atoms with Crippen molar-refractivity contribution >= 4 is 29.9 Å². The third kappa shape index (κ3) is 8.59. The van der Waals surface area contributed by atoms with Crippen LogP contribution in [0.5, 0.6) is 5.75 Å². The van der Waals surface area contributed by atoms with Gasteiger partial charge in [-0.2, -0.15) is 0 Å². The van der Waals surface area contributed by atoms with Crippen molar-refractivity contribution in [3.63, 3.8) is 0 Å². The SMILES string of the molecule is CN=C(NCCOc1ccccc1)NCc1cccc(CN2CCOCC2)c1.I. The molecule has 1 aliphatic heterocycles. The second-order valence-corrected chi connectivity index (χ2v) is 6.72. The van der Waals surface area contributed by atoms with E-state index in [4.69, 9.17) is 9.47 Å². The Bertz CT molecular complexity index is 737. The highest BCUT2D eigenvalue weighted by Gasteiger charge is 2.10. The van der Waals surface area contributed by atoms with E-state index in [1.165, 1.54) is 11.1 Å². The number of para-hydroxylation sites is 1. The van der Waals surface area contributed by atoms with Crippen LogP contribution >= 0.6 is 24.0 Å². The van der Waals surface area contributed by atoms with Crippen molar-refractivity contribution in [2.45, 2.75) is 13.1 Å². The molecule has 0 bridgehead atoms. The molecule has 2 aromatic rings. The topological polar surface area (TPSA) is 58.1 Å². The lowest BCUT2D eigenvalue weighted by molar-refractivity contribution is 0.0342. The summed E-state index contributed by atoms with van der Waals surface area (Å²) in [6.07, 6.45) is 0. The van der Waals surface area contributed by atoms with Gasteiger partial charge in [-0.3, -0.25) is 9.89 Å². The van der Waals surface area contributed by atoms with Crippen LogP contribution in [-0.4, -0.2) is 57.4 Å². The number of hydrogen-bond donors (Lipinski definition) is 2. The summed E-state index contributed by atoms with van der Waals surface area (Å²) in [6, 6.07) is 18.5. The highest BCUT2D eigenvalue weighted by atomic mass is 127. The summed E-state index contributed by atoms with van der Waals surface area (Å²) in [5.74, 6) is 1.65. The van der Waals surface area contributed by atoms with Crippen LogP contribution in [0.1, 0.15) is 11.1 Å². The molecule has 0 aromatic heterocycles. The predicted molar refractivity (Wildman–Crippen MR) is 128 cm³/mol. The normalized spacial score (nSPS) is 14.7. The standard InChI is InChI=1S/C22H30N4O2.HI/c1-23-22(24-10-13-28-21-8-3-2-4-9-21)25-17-19-6-5-7-20(16-19)18-26-11-14-27-15-12-26;/h2-9,16H,10-15,17-18H2,1H3,(H2,23,24,25);1H. The molecule has 1 aliphatic rings. The number of ether oxygens (including phenoxy) is 2. The fraction of sp³-hybridized carbons (Fsp3) is 0.409. The van der Waals surface area contributed by atoms with Gasteiger partial charge in [0.1, 0.15) is 12.4 Å². The van der Waals surface area contributed by atoms with Crippen LogP contribution < -0.4 is 15.4 Å². The Labute approximate surface area is 190 Å².